The molecule has 0 saturated carbocycles. The first-order valence-corrected chi connectivity index (χ1v) is 5.92. The van der Waals surface area contributed by atoms with Crippen LogP contribution in [0.3, 0.4) is 0 Å². The topological polar surface area (TPSA) is 50.7 Å². The van der Waals surface area contributed by atoms with E-state index in [9.17, 15) is 0 Å². The minimum Gasteiger partial charge on any atom is -0.399 e. The van der Waals surface area contributed by atoms with Crippen molar-refractivity contribution in [2.24, 2.45) is 10.2 Å². The molecule has 18 heavy (non-hydrogen) atoms. The number of rotatable bonds is 2. The van der Waals surface area contributed by atoms with E-state index < -0.39 is 0 Å². The van der Waals surface area contributed by atoms with Crippen LogP contribution in [-0.2, 0) is 0 Å². The van der Waals surface area contributed by atoms with E-state index in [0.717, 1.165) is 33.8 Å². The molecule has 2 N–H and O–H groups in total. The van der Waals surface area contributed by atoms with E-state index in [4.69, 9.17) is 5.73 Å². The summed E-state index contributed by atoms with van der Waals surface area (Å²) in [4.78, 5) is 0. The molecule has 3 heteroatoms. The highest BCUT2D eigenvalue weighted by molar-refractivity contribution is 5.59. The molecule has 0 aliphatic carbocycles. The molecule has 0 heterocycles. The van der Waals surface area contributed by atoms with Crippen LogP contribution in [0.1, 0.15) is 16.7 Å². The fourth-order valence-electron chi connectivity index (χ4n) is 1.71. The molecule has 0 aromatic heterocycles. The van der Waals surface area contributed by atoms with Crippen molar-refractivity contribution < 1.29 is 0 Å². The van der Waals surface area contributed by atoms with Gasteiger partial charge in [-0.1, -0.05) is 18.2 Å². The van der Waals surface area contributed by atoms with Gasteiger partial charge in [-0.15, -0.1) is 0 Å². The minimum atomic E-state index is 0.794. The third kappa shape index (κ3) is 2.56. The largest absolute Gasteiger partial charge is 0.399 e. The molecule has 2 aromatic carbocycles. The van der Waals surface area contributed by atoms with E-state index in [1.165, 1.54) is 0 Å². The quantitative estimate of drug-likeness (QED) is 0.603. The Balaban J connectivity index is 2.35. The number of nitrogen functional groups attached to an aromatic ring is 1. The van der Waals surface area contributed by atoms with Gasteiger partial charge in [0.25, 0.3) is 0 Å². The first-order valence-electron chi connectivity index (χ1n) is 5.92. The van der Waals surface area contributed by atoms with Gasteiger partial charge in [0.05, 0.1) is 11.4 Å². The van der Waals surface area contributed by atoms with Crippen LogP contribution >= 0.6 is 0 Å². The third-order valence-electron chi connectivity index (χ3n) is 2.97. The number of nitrogens with two attached hydrogens (primary N) is 1. The first kappa shape index (κ1) is 12.3. The van der Waals surface area contributed by atoms with Crippen molar-refractivity contribution in [1.29, 1.82) is 0 Å². The van der Waals surface area contributed by atoms with Gasteiger partial charge in [0.15, 0.2) is 0 Å². The number of nitrogens with zero attached hydrogens (tertiary/aromatic N) is 2. The maximum absolute atomic E-state index is 5.85. The third-order valence-corrected chi connectivity index (χ3v) is 2.97. The molecule has 3 nitrogen and oxygen atoms in total. The highest BCUT2D eigenvalue weighted by Crippen LogP contribution is 2.27. The summed E-state index contributed by atoms with van der Waals surface area (Å²) in [7, 11) is 0. The van der Waals surface area contributed by atoms with E-state index in [2.05, 4.69) is 10.2 Å². The van der Waals surface area contributed by atoms with Gasteiger partial charge in [-0.3, -0.25) is 0 Å². The van der Waals surface area contributed by atoms with E-state index >= 15 is 0 Å². The smallest absolute Gasteiger partial charge is 0.0890 e. The number of hydrogen-bond acceptors (Lipinski definition) is 3. The Hall–Kier alpha value is -2.16. The lowest BCUT2D eigenvalue weighted by atomic mass is 10.1. The Morgan fingerprint density at radius 2 is 1.44 bits per heavy atom. The van der Waals surface area contributed by atoms with Crippen LogP contribution in [0, 0.1) is 20.8 Å². The van der Waals surface area contributed by atoms with E-state index in [1.54, 1.807) is 0 Å². The van der Waals surface area contributed by atoms with Gasteiger partial charge in [-0.05, 0) is 55.7 Å². The van der Waals surface area contributed by atoms with Crippen LogP contribution in [0.2, 0.25) is 0 Å². The molecule has 0 bridgehead atoms. The molecule has 0 radical (unpaired) electrons. The van der Waals surface area contributed by atoms with Crippen molar-refractivity contribution in [2.45, 2.75) is 20.8 Å². The first-order chi connectivity index (χ1) is 8.58. The second-order valence-electron chi connectivity index (χ2n) is 4.48. The standard InChI is InChI=1S/C15H17N3/c1-10-6-4-5-7-14(10)17-18-15-9-11(2)13(16)8-12(15)3/h4-9H,16H2,1-3H3. The van der Waals surface area contributed by atoms with Gasteiger partial charge < -0.3 is 5.73 Å². The molecule has 0 fully saturated rings. The molecule has 2 aromatic rings. The summed E-state index contributed by atoms with van der Waals surface area (Å²) in [5.74, 6) is 0. The molecule has 0 saturated heterocycles. The van der Waals surface area contributed by atoms with Gasteiger partial charge in [-0.25, -0.2) is 0 Å². The van der Waals surface area contributed by atoms with Gasteiger partial charge >= 0.3 is 0 Å². The maximum atomic E-state index is 5.85. The fourth-order valence-corrected chi connectivity index (χ4v) is 1.71. The average molecular weight is 239 g/mol. The Morgan fingerprint density at radius 3 is 2.17 bits per heavy atom. The second kappa shape index (κ2) is 5.00. The van der Waals surface area contributed by atoms with Crippen LogP contribution in [0.25, 0.3) is 0 Å². The number of hydrogen-bond donors (Lipinski definition) is 1. The Kier molecular flexibility index (Phi) is 3.42. The van der Waals surface area contributed by atoms with Crippen molar-refractivity contribution in [3.05, 3.63) is 53.1 Å². The van der Waals surface area contributed by atoms with E-state index in [0.29, 0.717) is 0 Å². The van der Waals surface area contributed by atoms with Gasteiger partial charge in [0.1, 0.15) is 0 Å². The summed E-state index contributed by atoms with van der Waals surface area (Å²) in [6.07, 6.45) is 0. The average Bonchev–Trinajstić information content (AvgIpc) is 2.34. The van der Waals surface area contributed by atoms with Crippen molar-refractivity contribution in [2.75, 3.05) is 5.73 Å². The van der Waals surface area contributed by atoms with Gasteiger partial charge in [-0.2, -0.15) is 10.2 Å². The zero-order valence-electron chi connectivity index (χ0n) is 10.9. The number of anilines is 1. The van der Waals surface area contributed by atoms with Gasteiger partial charge in [0, 0.05) is 5.69 Å². The Morgan fingerprint density at radius 1 is 0.778 bits per heavy atom. The summed E-state index contributed by atoms with van der Waals surface area (Å²) in [6, 6.07) is 11.8. The number of azo groups is 1. The number of aryl methyl sites for hydroxylation is 3. The molecule has 0 aliphatic rings. The summed E-state index contributed by atoms with van der Waals surface area (Å²) in [6.45, 7) is 5.99. The molecule has 92 valence electrons. The number of benzene rings is 2. The lowest BCUT2D eigenvalue weighted by Gasteiger charge is -2.04. The summed E-state index contributed by atoms with van der Waals surface area (Å²) < 4.78 is 0. The molecule has 0 unspecified atom stereocenters. The van der Waals surface area contributed by atoms with Crippen molar-refractivity contribution >= 4 is 17.1 Å². The summed E-state index contributed by atoms with van der Waals surface area (Å²) in [5.41, 5.74) is 11.6. The minimum absolute atomic E-state index is 0.794. The lowest BCUT2D eigenvalue weighted by Crippen LogP contribution is -1.90. The van der Waals surface area contributed by atoms with Crippen LogP contribution in [0.4, 0.5) is 17.1 Å². The SMILES string of the molecule is Cc1cc(N=Nc2ccccc2C)c(C)cc1N. The van der Waals surface area contributed by atoms with Crippen LogP contribution < -0.4 is 5.73 Å². The maximum Gasteiger partial charge on any atom is 0.0890 e. The predicted octanol–water partition coefficient (Wildman–Crippen LogP) is 4.61. The van der Waals surface area contributed by atoms with Crippen molar-refractivity contribution in [3.63, 3.8) is 0 Å². The molecule has 0 aliphatic heterocycles. The normalized spacial score (nSPS) is 11.1. The summed E-state index contributed by atoms with van der Waals surface area (Å²) >= 11 is 0. The fraction of sp³-hybridized carbons (Fsp3) is 0.200. The lowest BCUT2D eigenvalue weighted by molar-refractivity contribution is 1.19. The molecule has 2 rings (SSSR count). The van der Waals surface area contributed by atoms with Crippen molar-refractivity contribution in [1.82, 2.24) is 0 Å². The van der Waals surface area contributed by atoms with Crippen LogP contribution in [-0.4, -0.2) is 0 Å². The van der Waals surface area contributed by atoms with Crippen molar-refractivity contribution in [3.8, 4) is 0 Å². The van der Waals surface area contributed by atoms with Crippen LogP contribution in [0.5, 0.6) is 0 Å². The zero-order chi connectivity index (χ0) is 13.1. The van der Waals surface area contributed by atoms with Gasteiger partial charge in [0.2, 0.25) is 0 Å². The highest BCUT2D eigenvalue weighted by Gasteiger charge is 2.01. The predicted molar refractivity (Wildman–Crippen MR) is 75.7 cm³/mol. The summed E-state index contributed by atoms with van der Waals surface area (Å²) in [5, 5.41) is 8.60. The molecule has 0 amide bonds. The van der Waals surface area contributed by atoms with E-state index in [1.807, 2.05) is 57.2 Å². The molecule has 0 spiro atoms. The molecular formula is C15H17N3. The van der Waals surface area contributed by atoms with E-state index in [-0.39, 0.29) is 0 Å². The Labute approximate surface area is 107 Å². The second-order valence-corrected chi connectivity index (χ2v) is 4.48. The molecule has 0 atom stereocenters. The monoisotopic (exact) mass is 239 g/mol. The Bertz CT molecular complexity index is 601. The highest BCUT2D eigenvalue weighted by atomic mass is 15.1. The van der Waals surface area contributed by atoms with Crippen LogP contribution in [0.15, 0.2) is 46.6 Å². The zero-order valence-corrected chi connectivity index (χ0v) is 10.9. The molecular weight excluding hydrogens is 222 g/mol.